The van der Waals surface area contributed by atoms with Crippen LogP contribution in [-0.4, -0.2) is 15.2 Å². The second kappa shape index (κ2) is 3.19. The summed E-state index contributed by atoms with van der Waals surface area (Å²) in [6, 6.07) is 0. The van der Waals surface area contributed by atoms with Gasteiger partial charge in [-0.1, -0.05) is 0 Å². The highest BCUT2D eigenvalue weighted by Crippen LogP contribution is 1.97. The van der Waals surface area contributed by atoms with Crippen molar-refractivity contribution < 1.29 is 0 Å². The molecule has 0 radical (unpaired) electrons. The number of terminal acetylenes is 3. The summed E-state index contributed by atoms with van der Waals surface area (Å²) in [4.78, 5) is 3.79. The molecule has 1 rings (SSSR count). The van der Waals surface area contributed by atoms with Gasteiger partial charge in [0, 0.05) is 0 Å². The molecule has 1 aromatic rings. The number of aromatic nitrogens is 3. The van der Waals surface area contributed by atoms with E-state index in [1.165, 1.54) is 0 Å². The third-order valence-electron chi connectivity index (χ3n) is 1.09. The van der Waals surface area contributed by atoms with E-state index in [4.69, 9.17) is 19.3 Å². The fraction of sp³-hybridized carbons (Fsp3) is 0. The molecule has 0 saturated carbocycles. The first kappa shape index (κ1) is 7.79. The number of hydrogen-bond acceptors (Lipinski definition) is 3. The predicted molar refractivity (Wildman–Crippen MR) is 43.6 cm³/mol. The summed E-state index contributed by atoms with van der Waals surface area (Å²) in [5, 5.41) is 7.15. The summed E-state index contributed by atoms with van der Waals surface area (Å²) >= 11 is 0. The van der Waals surface area contributed by atoms with Crippen LogP contribution in [0.25, 0.3) is 0 Å². The number of nitrogens with zero attached hydrogens (tertiary/aromatic N) is 3. The molecule has 0 spiro atoms. The quantitative estimate of drug-likeness (QED) is 0.485. The summed E-state index contributed by atoms with van der Waals surface area (Å²) in [6.45, 7) is 0. The zero-order chi connectivity index (χ0) is 8.97. The lowest BCUT2D eigenvalue weighted by atomic mass is 10.3. The molecule has 0 saturated heterocycles. The van der Waals surface area contributed by atoms with Crippen LogP contribution in [0.15, 0.2) is 0 Å². The molecule has 3 heteroatoms. The average molecular weight is 153 g/mol. The Morgan fingerprint density at radius 2 is 1.50 bits per heavy atom. The maximum atomic E-state index is 5.11. The van der Waals surface area contributed by atoms with Crippen molar-refractivity contribution in [1.29, 1.82) is 0 Å². The molecule has 1 heterocycles. The molecule has 0 N–H and O–H groups in total. The van der Waals surface area contributed by atoms with E-state index in [-0.39, 0.29) is 17.2 Å². The van der Waals surface area contributed by atoms with Crippen LogP contribution in [-0.2, 0) is 0 Å². The van der Waals surface area contributed by atoms with Gasteiger partial charge in [-0.15, -0.1) is 29.5 Å². The highest BCUT2D eigenvalue weighted by Gasteiger charge is 2.01. The van der Waals surface area contributed by atoms with Gasteiger partial charge in [-0.3, -0.25) is 0 Å². The molecule has 0 aromatic carbocycles. The highest BCUT2D eigenvalue weighted by molar-refractivity contribution is 5.39. The van der Waals surface area contributed by atoms with E-state index in [0.717, 1.165) is 0 Å². The lowest BCUT2D eigenvalue weighted by Gasteiger charge is -1.92. The molecule has 1 aromatic heterocycles. The molecule has 0 aliphatic carbocycles. The molecule has 3 nitrogen and oxygen atoms in total. The van der Waals surface area contributed by atoms with Crippen molar-refractivity contribution in [2.24, 2.45) is 0 Å². The second-order valence-corrected chi connectivity index (χ2v) is 1.77. The molecule has 0 bridgehead atoms. The van der Waals surface area contributed by atoms with E-state index >= 15 is 0 Å². The van der Waals surface area contributed by atoms with Gasteiger partial charge in [-0.2, -0.15) is 0 Å². The lowest BCUT2D eigenvalue weighted by Crippen LogP contribution is -2.00. The molecule has 0 amide bonds. The smallest absolute Gasteiger partial charge is 0.208 e. The zero-order valence-electron chi connectivity index (χ0n) is 6.07. The van der Waals surface area contributed by atoms with Gasteiger partial charge in [-0.05, 0) is 17.8 Å². The van der Waals surface area contributed by atoms with Gasteiger partial charge in [-0.25, -0.2) is 4.98 Å². The minimum atomic E-state index is 0.141. The minimum absolute atomic E-state index is 0.141. The molecular weight excluding hydrogens is 150 g/mol. The van der Waals surface area contributed by atoms with E-state index in [1.807, 2.05) is 0 Å². The van der Waals surface area contributed by atoms with Crippen LogP contribution in [0.2, 0.25) is 0 Å². The van der Waals surface area contributed by atoms with E-state index in [9.17, 15) is 0 Å². The Morgan fingerprint density at radius 1 is 0.833 bits per heavy atom. The first-order chi connectivity index (χ1) is 5.81. The molecule has 0 aliphatic heterocycles. The van der Waals surface area contributed by atoms with Crippen molar-refractivity contribution in [2.75, 3.05) is 0 Å². The van der Waals surface area contributed by atoms with Gasteiger partial charge < -0.3 is 0 Å². The largest absolute Gasteiger partial charge is 0.226 e. The Morgan fingerprint density at radius 3 is 2.00 bits per heavy atom. The van der Waals surface area contributed by atoms with Crippen LogP contribution in [0.3, 0.4) is 0 Å². The molecule has 0 aliphatic rings. The van der Waals surface area contributed by atoms with Gasteiger partial charge in [0.15, 0.2) is 11.4 Å². The summed E-state index contributed by atoms with van der Waals surface area (Å²) in [7, 11) is 0. The van der Waals surface area contributed by atoms with Gasteiger partial charge in [0.2, 0.25) is 5.82 Å². The third kappa shape index (κ3) is 1.24. The van der Waals surface area contributed by atoms with Crippen molar-refractivity contribution in [3.63, 3.8) is 0 Å². The van der Waals surface area contributed by atoms with E-state index in [1.54, 1.807) is 0 Å². The van der Waals surface area contributed by atoms with Gasteiger partial charge in [0.05, 0.1) is 0 Å². The number of hydrogen-bond donors (Lipinski definition) is 0. The number of rotatable bonds is 0. The lowest BCUT2D eigenvalue weighted by molar-refractivity contribution is 0.924. The molecule has 0 unspecified atom stereocenters. The van der Waals surface area contributed by atoms with E-state index in [2.05, 4.69) is 32.9 Å². The average Bonchev–Trinajstić information content (AvgIpc) is 2.16. The monoisotopic (exact) mass is 153 g/mol. The molecule has 12 heavy (non-hydrogen) atoms. The van der Waals surface area contributed by atoms with Crippen LogP contribution < -0.4 is 0 Å². The van der Waals surface area contributed by atoms with Gasteiger partial charge >= 0.3 is 0 Å². The van der Waals surface area contributed by atoms with Crippen molar-refractivity contribution in [2.45, 2.75) is 0 Å². The van der Waals surface area contributed by atoms with Crippen molar-refractivity contribution in [1.82, 2.24) is 15.2 Å². The van der Waals surface area contributed by atoms with Crippen LogP contribution in [0.1, 0.15) is 17.2 Å². The molecule has 0 fully saturated rings. The van der Waals surface area contributed by atoms with Gasteiger partial charge in [0.1, 0.15) is 0 Å². The maximum Gasteiger partial charge on any atom is 0.226 e. The molecule has 0 atom stereocenters. The standard InChI is InChI=1S/C9H3N3/c1-4-7-8(5-2)11-12-9(6-3)10-7/h1-3H. The van der Waals surface area contributed by atoms with Crippen LogP contribution in [0.5, 0.6) is 0 Å². The summed E-state index contributed by atoms with van der Waals surface area (Å²) < 4.78 is 0. The summed E-state index contributed by atoms with van der Waals surface area (Å²) in [5.41, 5.74) is 0.483. The van der Waals surface area contributed by atoms with Crippen LogP contribution >= 0.6 is 0 Å². The Kier molecular flexibility index (Phi) is 2.07. The third-order valence-corrected chi connectivity index (χ3v) is 1.09. The van der Waals surface area contributed by atoms with Crippen molar-refractivity contribution in [3.05, 3.63) is 17.2 Å². The van der Waals surface area contributed by atoms with Crippen LogP contribution in [0.4, 0.5) is 0 Å². The fourth-order valence-corrected chi connectivity index (χ4v) is 0.585. The maximum absolute atomic E-state index is 5.11. The normalized spacial score (nSPS) is 7.75. The Bertz CT molecular complexity index is 427. The molecular formula is C9H3N3. The summed E-state index contributed by atoms with van der Waals surface area (Å²) in [5.74, 6) is 6.86. The first-order valence-electron chi connectivity index (χ1n) is 2.96. The predicted octanol–water partition coefficient (Wildman–Crippen LogP) is -0.185. The summed E-state index contributed by atoms with van der Waals surface area (Å²) in [6.07, 6.45) is 15.2. The first-order valence-corrected chi connectivity index (χ1v) is 2.96. The fourth-order valence-electron chi connectivity index (χ4n) is 0.585. The molecule has 54 valence electrons. The Balaban J connectivity index is 3.37. The van der Waals surface area contributed by atoms with Crippen molar-refractivity contribution >= 4 is 0 Å². The topological polar surface area (TPSA) is 38.7 Å². The van der Waals surface area contributed by atoms with Gasteiger partial charge in [0.25, 0.3) is 0 Å². The van der Waals surface area contributed by atoms with E-state index in [0.29, 0.717) is 0 Å². The second-order valence-electron chi connectivity index (χ2n) is 1.77. The Hall–Kier alpha value is -2.31. The zero-order valence-corrected chi connectivity index (χ0v) is 6.07. The van der Waals surface area contributed by atoms with Crippen LogP contribution in [0, 0.1) is 37.0 Å². The minimum Gasteiger partial charge on any atom is -0.208 e. The van der Waals surface area contributed by atoms with Crippen molar-refractivity contribution in [3.8, 4) is 37.0 Å². The van der Waals surface area contributed by atoms with E-state index < -0.39 is 0 Å². The SMILES string of the molecule is C#Cc1nnc(C#C)c(C#C)n1. The Labute approximate surface area is 70.2 Å². The highest BCUT2D eigenvalue weighted by atomic mass is 15.2.